The third kappa shape index (κ3) is 2.17. The Morgan fingerprint density at radius 1 is 0.895 bits per heavy atom. The second kappa shape index (κ2) is 4.47. The average Bonchev–Trinajstić information content (AvgIpc) is 2.83. The van der Waals surface area contributed by atoms with Gasteiger partial charge in [0.1, 0.15) is 0 Å². The van der Waals surface area contributed by atoms with Gasteiger partial charge in [0, 0.05) is 13.1 Å². The second-order valence-corrected chi connectivity index (χ2v) is 6.79. The van der Waals surface area contributed by atoms with Crippen LogP contribution in [-0.4, -0.2) is 12.7 Å². The van der Waals surface area contributed by atoms with Crippen molar-refractivity contribution in [1.29, 1.82) is 0 Å². The summed E-state index contributed by atoms with van der Waals surface area (Å²) in [5.74, 6) is 0. The Hall–Kier alpha value is -1.65. The summed E-state index contributed by atoms with van der Waals surface area (Å²) in [4.78, 5) is 0.367. The number of hydrogen-bond acceptors (Lipinski definition) is 2. The van der Waals surface area contributed by atoms with Crippen LogP contribution in [0.3, 0.4) is 0 Å². The fourth-order valence-corrected chi connectivity index (χ4v) is 3.73. The van der Waals surface area contributed by atoms with Gasteiger partial charge in [-0.15, -0.1) is 0 Å². The maximum absolute atomic E-state index is 12.5. The molecule has 19 heavy (non-hydrogen) atoms. The monoisotopic (exact) mass is 273 g/mol. The normalized spacial score (nSPS) is 15.4. The van der Waals surface area contributed by atoms with Crippen LogP contribution in [0.15, 0.2) is 53.4 Å². The lowest BCUT2D eigenvalue weighted by Gasteiger charge is -2.15. The van der Waals surface area contributed by atoms with Crippen LogP contribution in [0.4, 0.5) is 0 Å². The standard InChI is InChI=1S/C15H15NO2S/c1-12-6-8-15(9-7-12)19(17,18)16-10-13-4-2-3-5-14(13)11-16/h2-9H,10-11H2,1H3. The number of sulfonamides is 1. The Morgan fingerprint density at radius 2 is 1.42 bits per heavy atom. The number of benzene rings is 2. The predicted molar refractivity (Wildman–Crippen MR) is 74.1 cm³/mol. The van der Waals surface area contributed by atoms with Gasteiger partial charge in [0.2, 0.25) is 10.0 Å². The zero-order valence-corrected chi connectivity index (χ0v) is 11.5. The molecule has 0 fully saturated rings. The summed E-state index contributed by atoms with van der Waals surface area (Å²) >= 11 is 0. The van der Waals surface area contributed by atoms with Crippen molar-refractivity contribution in [3.63, 3.8) is 0 Å². The minimum absolute atomic E-state index is 0.367. The molecule has 0 aliphatic carbocycles. The number of nitrogens with zero attached hydrogens (tertiary/aromatic N) is 1. The number of rotatable bonds is 2. The van der Waals surface area contributed by atoms with Crippen LogP contribution in [0.1, 0.15) is 16.7 Å². The molecule has 1 heterocycles. The Morgan fingerprint density at radius 3 is 1.95 bits per heavy atom. The second-order valence-electron chi connectivity index (χ2n) is 4.85. The summed E-state index contributed by atoms with van der Waals surface area (Å²) in [6.07, 6.45) is 0. The summed E-state index contributed by atoms with van der Waals surface area (Å²) in [5, 5.41) is 0. The summed E-state index contributed by atoms with van der Waals surface area (Å²) in [7, 11) is -3.39. The molecule has 0 saturated heterocycles. The van der Waals surface area contributed by atoms with E-state index in [1.165, 1.54) is 4.31 Å². The molecule has 0 radical (unpaired) electrons. The molecule has 3 rings (SSSR count). The van der Waals surface area contributed by atoms with Crippen molar-refractivity contribution in [2.24, 2.45) is 0 Å². The maximum atomic E-state index is 12.5. The minimum atomic E-state index is -3.39. The molecule has 0 N–H and O–H groups in total. The lowest BCUT2D eigenvalue weighted by molar-refractivity contribution is 0.431. The van der Waals surface area contributed by atoms with Crippen molar-refractivity contribution >= 4 is 10.0 Å². The van der Waals surface area contributed by atoms with Gasteiger partial charge in [-0.3, -0.25) is 0 Å². The highest BCUT2D eigenvalue weighted by Gasteiger charge is 2.30. The molecule has 2 aromatic carbocycles. The Labute approximate surface area is 113 Å². The van der Waals surface area contributed by atoms with Gasteiger partial charge in [-0.25, -0.2) is 8.42 Å². The van der Waals surface area contributed by atoms with Crippen LogP contribution in [0.5, 0.6) is 0 Å². The smallest absolute Gasteiger partial charge is 0.207 e. The quantitative estimate of drug-likeness (QED) is 0.843. The van der Waals surface area contributed by atoms with Crippen LogP contribution in [-0.2, 0) is 23.1 Å². The van der Waals surface area contributed by atoms with E-state index in [0.717, 1.165) is 16.7 Å². The molecule has 4 heteroatoms. The van der Waals surface area contributed by atoms with Gasteiger partial charge in [-0.1, -0.05) is 42.0 Å². The lowest BCUT2D eigenvalue weighted by atomic mass is 10.1. The zero-order valence-electron chi connectivity index (χ0n) is 10.7. The van der Waals surface area contributed by atoms with Crippen molar-refractivity contribution < 1.29 is 8.42 Å². The molecular weight excluding hydrogens is 258 g/mol. The van der Waals surface area contributed by atoms with E-state index in [2.05, 4.69) is 0 Å². The highest BCUT2D eigenvalue weighted by atomic mass is 32.2. The molecular formula is C15H15NO2S. The molecule has 0 spiro atoms. The summed E-state index contributed by atoms with van der Waals surface area (Å²) < 4.78 is 26.6. The van der Waals surface area contributed by atoms with Crippen LogP contribution in [0.2, 0.25) is 0 Å². The van der Waals surface area contributed by atoms with Crippen LogP contribution in [0.25, 0.3) is 0 Å². The van der Waals surface area contributed by atoms with E-state index in [1.807, 2.05) is 43.3 Å². The Balaban J connectivity index is 1.94. The molecule has 0 atom stereocenters. The number of hydrogen-bond donors (Lipinski definition) is 0. The summed E-state index contributed by atoms with van der Waals surface area (Å²) in [6, 6.07) is 14.9. The molecule has 0 amide bonds. The number of fused-ring (bicyclic) bond motifs is 1. The molecule has 0 unspecified atom stereocenters. The molecule has 3 nitrogen and oxygen atoms in total. The van der Waals surface area contributed by atoms with Crippen LogP contribution in [0, 0.1) is 6.92 Å². The van der Waals surface area contributed by atoms with Gasteiger partial charge < -0.3 is 0 Å². The third-order valence-corrected chi connectivity index (χ3v) is 5.28. The maximum Gasteiger partial charge on any atom is 0.243 e. The van der Waals surface area contributed by atoms with E-state index in [-0.39, 0.29) is 0 Å². The summed E-state index contributed by atoms with van der Waals surface area (Å²) in [5.41, 5.74) is 3.25. The molecule has 0 aromatic heterocycles. The van der Waals surface area contributed by atoms with Crippen molar-refractivity contribution in [3.8, 4) is 0 Å². The highest BCUT2D eigenvalue weighted by Crippen LogP contribution is 2.28. The van der Waals surface area contributed by atoms with Crippen molar-refractivity contribution in [2.75, 3.05) is 0 Å². The molecule has 0 saturated carbocycles. The first-order valence-corrected chi connectivity index (χ1v) is 7.65. The minimum Gasteiger partial charge on any atom is -0.207 e. The lowest BCUT2D eigenvalue weighted by Crippen LogP contribution is -2.25. The van der Waals surface area contributed by atoms with Gasteiger partial charge in [-0.2, -0.15) is 4.31 Å². The van der Waals surface area contributed by atoms with E-state index >= 15 is 0 Å². The van der Waals surface area contributed by atoms with Gasteiger partial charge >= 0.3 is 0 Å². The topological polar surface area (TPSA) is 37.4 Å². The molecule has 1 aliphatic heterocycles. The highest BCUT2D eigenvalue weighted by molar-refractivity contribution is 7.89. The van der Waals surface area contributed by atoms with E-state index < -0.39 is 10.0 Å². The number of aryl methyl sites for hydroxylation is 1. The van der Waals surface area contributed by atoms with Crippen molar-refractivity contribution in [1.82, 2.24) is 4.31 Å². The van der Waals surface area contributed by atoms with Crippen LogP contribution < -0.4 is 0 Å². The summed E-state index contributed by atoms with van der Waals surface area (Å²) in [6.45, 7) is 2.88. The van der Waals surface area contributed by atoms with E-state index in [0.29, 0.717) is 18.0 Å². The Bertz CT molecular complexity index is 680. The van der Waals surface area contributed by atoms with E-state index in [4.69, 9.17) is 0 Å². The first-order chi connectivity index (χ1) is 9.07. The SMILES string of the molecule is Cc1ccc(S(=O)(=O)N2Cc3ccccc3C2)cc1. The van der Waals surface area contributed by atoms with Gasteiger partial charge in [-0.05, 0) is 30.2 Å². The Kier molecular flexibility index (Phi) is 2.92. The largest absolute Gasteiger partial charge is 0.243 e. The fraction of sp³-hybridized carbons (Fsp3) is 0.200. The van der Waals surface area contributed by atoms with E-state index in [9.17, 15) is 8.42 Å². The molecule has 0 bridgehead atoms. The van der Waals surface area contributed by atoms with Gasteiger partial charge in [0.05, 0.1) is 4.90 Å². The van der Waals surface area contributed by atoms with Crippen LogP contribution >= 0.6 is 0 Å². The zero-order chi connectivity index (χ0) is 13.5. The fourth-order valence-electron chi connectivity index (χ4n) is 2.33. The van der Waals surface area contributed by atoms with Crippen molar-refractivity contribution in [3.05, 3.63) is 65.2 Å². The predicted octanol–water partition coefficient (Wildman–Crippen LogP) is 2.70. The van der Waals surface area contributed by atoms with Gasteiger partial charge in [0.15, 0.2) is 0 Å². The van der Waals surface area contributed by atoms with Crippen molar-refractivity contribution in [2.45, 2.75) is 24.9 Å². The molecule has 98 valence electrons. The average molecular weight is 273 g/mol. The molecule has 1 aliphatic rings. The first kappa shape index (κ1) is 12.4. The first-order valence-electron chi connectivity index (χ1n) is 6.21. The molecule has 2 aromatic rings. The third-order valence-electron chi connectivity index (χ3n) is 3.47. The van der Waals surface area contributed by atoms with E-state index in [1.54, 1.807) is 12.1 Å². The van der Waals surface area contributed by atoms with Gasteiger partial charge in [0.25, 0.3) is 0 Å².